The van der Waals surface area contributed by atoms with Crippen molar-refractivity contribution in [2.24, 2.45) is 5.92 Å². The van der Waals surface area contributed by atoms with Gasteiger partial charge in [-0.1, -0.05) is 36.4 Å². The molecule has 5 heteroatoms. The summed E-state index contributed by atoms with van der Waals surface area (Å²) >= 11 is 0. The molecule has 2 aromatic rings. The van der Waals surface area contributed by atoms with Crippen molar-refractivity contribution in [1.82, 2.24) is 10.2 Å². The molecule has 1 N–H and O–H groups in total. The summed E-state index contributed by atoms with van der Waals surface area (Å²) in [5.74, 6) is 0.756. The number of anilines is 1. The molecule has 4 rings (SSSR count). The minimum absolute atomic E-state index is 0.0722. The molecule has 2 saturated heterocycles. The fraction of sp³-hybridized carbons (Fsp3) is 0.391. The van der Waals surface area contributed by atoms with Crippen molar-refractivity contribution >= 4 is 17.6 Å². The highest BCUT2D eigenvalue weighted by Crippen LogP contribution is 2.25. The van der Waals surface area contributed by atoms with Gasteiger partial charge in [-0.05, 0) is 55.4 Å². The molecule has 0 aromatic heterocycles. The van der Waals surface area contributed by atoms with Crippen LogP contribution >= 0.6 is 0 Å². The van der Waals surface area contributed by atoms with E-state index in [9.17, 15) is 9.59 Å². The van der Waals surface area contributed by atoms with Crippen LogP contribution in [0.3, 0.4) is 0 Å². The highest BCUT2D eigenvalue weighted by Gasteiger charge is 2.25. The number of urea groups is 1. The Morgan fingerprint density at radius 2 is 1.79 bits per heavy atom. The van der Waals surface area contributed by atoms with Gasteiger partial charge in [0, 0.05) is 37.4 Å². The number of nitrogens with zero attached hydrogens (tertiary/aromatic N) is 2. The van der Waals surface area contributed by atoms with E-state index in [0.717, 1.165) is 38.0 Å². The molecular weight excluding hydrogens is 350 g/mol. The molecule has 2 aromatic carbocycles. The molecule has 5 nitrogen and oxygen atoms in total. The second-order valence-corrected chi connectivity index (χ2v) is 7.69. The lowest BCUT2D eigenvalue weighted by molar-refractivity contribution is 0.0687. The standard InChI is InChI=1S/C23H27N3O2/c27-22(20-7-4-8-21(17-20)26-16-13-24-23(26)28)25-14-11-19(12-15-25)10-9-18-5-2-1-3-6-18/h1-8,17,19H,9-16H2,(H,24,28). The summed E-state index contributed by atoms with van der Waals surface area (Å²) in [5, 5.41) is 2.80. The lowest BCUT2D eigenvalue weighted by Crippen LogP contribution is -2.38. The summed E-state index contributed by atoms with van der Waals surface area (Å²) in [7, 11) is 0. The Hall–Kier alpha value is -2.82. The van der Waals surface area contributed by atoms with Crippen molar-refractivity contribution < 1.29 is 9.59 Å². The number of likely N-dealkylation sites (tertiary alicyclic amines) is 1. The molecule has 0 saturated carbocycles. The molecule has 2 aliphatic rings. The van der Waals surface area contributed by atoms with Crippen molar-refractivity contribution in [2.75, 3.05) is 31.1 Å². The smallest absolute Gasteiger partial charge is 0.321 e. The molecule has 0 spiro atoms. The molecule has 0 bridgehead atoms. The third-order valence-electron chi connectivity index (χ3n) is 5.85. The van der Waals surface area contributed by atoms with Crippen LogP contribution in [0.5, 0.6) is 0 Å². The number of hydrogen-bond donors (Lipinski definition) is 1. The topological polar surface area (TPSA) is 52.7 Å². The minimum Gasteiger partial charge on any atom is -0.339 e. The van der Waals surface area contributed by atoms with Crippen molar-refractivity contribution in [2.45, 2.75) is 25.7 Å². The van der Waals surface area contributed by atoms with Gasteiger partial charge in [-0.25, -0.2) is 4.79 Å². The number of piperidine rings is 1. The van der Waals surface area contributed by atoms with Gasteiger partial charge in [-0.2, -0.15) is 0 Å². The Labute approximate surface area is 166 Å². The predicted molar refractivity (Wildman–Crippen MR) is 111 cm³/mol. The molecule has 2 heterocycles. The molecule has 2 fully saturated rings. The van der Waals surface area contributed by atoms with E-state index in [4.69, 9.17) is 0 Å². The minimum atomic E-state index is -0.0937. The lowest BCUT2D eigenvalue weighted by Gasteiger charge is -2.32. The molecule has 146 valence electrons. The van der Waals surface area contributed by atoms with Crippen molar-refractivity contribution in [3.05, 3.63) is 65.7 Å². The van der Waals surface area contributed by atoms with E-state index in [1.54, 1.807) is 4.90 Å². The summed E-state index contributed by atoms with van der Waals surface area (Å²) in [5.41, 5.74) is 2.85. The van der Waals surface area contributed by atoms with E-state index in [2.05, 4.69) is 35.6 Å². The van der Waals surface area contributed by atoms with E-state index in [0.29, 0.717) is 24.6 Å². The number of benzene rings is 2. The lowest BCUT2D eigenvalue weighted by atomic mass is 9.90. The summed E-state index contributed by atoms with van der Waals surface area (Å²) in [6.07, 6.45) is 4.42. The van der Waals surface area contributed by atoms with Crippen molar-refractivity contribution in [3.63, 3.8) is 0 Å². The number of hydrogen-bond acceptors (Lipinski definition) is 2. The second-order valence-electron chi connectivity index (χ2n) is 7.69. The molecule has 0 aliphatic carbocycles. The van der Waals surface area contributed by atoms with Crippen molar-refractivity contribution in [1.29, 1.82) is 0 Å². The van der Waals surface area contributed by atoms with Crippen LogP contribution in [0.4, 0.5) is 10.5 Å². The summed E-state index contributed by atoms with van der Waals surface area (Å²) < 4.78 is 0. The fourth-order valence-electron chi connectivity index (χ4n) is 4.15. The third-order valence-corrected chi connectivity index (χ3v) is 5.85. The van der Waals surface area contributed by atoms with Gasteiger partial charge >= 0.3 is 6.03 Å². The van der Waals surface area contributed by atoms with Crippen LogP contribution in [-0.4, -0.2) is 43.0 Å². The molecule has 0 unspecified atom stereocenters. The van der Waals surface area contributed by atoms with Gasteiger partial charge in [-0.15, -0.1) is 0 Å². The SMILES string of the molecule is O=C(c1cccc(N2CCNC2=O)c1)N1CCC(CCc2ccccc2)CC1. The van der Waals surface area contributed by atoms with Gasteiger partial charge < -0.3 is 10.2 Å². The molecule has 3 amide bonds. The molecule has 0 atom stereocenters. The zero-order valence-corrected chi connectivity index (χ0v) is 16.1. The zero-order chi connectivity index (χ0) is 19.3. The average Bonchev–Trinajstić information content (AvgIpc) is 3.19. The monoisotopic (exact) mass is 377 g/mol. The maximum absolute atomic E-state index is 12.9. The third kappa shape index (κ3) is 4.19. The number of aryl methyl sites for hydroxylation is 1. The van der Waals surface area contributed by atoms with E-state index in [1.165, 1.54) is 12.0 Å². The van der Waals surface area contributed by atoms with Gasteiger partial charge in [0.1, 0.15) is 0 Å². The Morgan fingerprint density at radius 1 is 1.00 bits per heavy atom. The second kappa shape index (κ2) is 8.46. The van der Waals surface area contributed by atoms with Gasteiger partial charge in [-0.3, -0.25) is 9.69 Å². The largest absolute Gasteiger partial charge is 0.339 e. The van der Waals surface area contributed by atoms with Crippen LogP contribution in [0.2, 0.25) is 0 Å². The van der Waals surface area contributed by atoms with Crippen LogP contribution in [0.1, 0.15) is 35.2 Å². The summed E-state index contributed by atoms with van der Waals surface area (Å²) in [6, 6.07) is 18.0. The van der Waals surface area contributed by atoms with Crippen LogP contribution in [0, 0.1) is 5.92 Å². The van der Waals surface area contributed by atoms with Crippen LogP contribution < -0.4 is 10.2 Å². The van der Waals surface area contributed by atoms with Crippen LogP contribution in [0.15, 0.2) is 54.6 Å². The predicted octanol–water partition coefficient (Wildman–Crippen LogP) is 3.70. The first-order chi connectivity index (χ1) is 13.7. The molecular formula is C23H27N3O2. The number of nitrogens with one attached hydrogen (secondary N) is 1. The zero-order valence-electron chi connectivity index (χ0n) is 16.1. The summed E-state index contributed by atoms with van der Waals surface area (Å²) in [4.78, 5) is 28.5. The number of carbonyl (C=O) groups is 2. The van der Waals surface area contributed by atoms with E-state index >= 15 is 0 Å². The Morgan fingerprint density at radius 3 is 2.50 bits per heavy atom. The normalized spacial score (nSPS) is 17.6. The Balaban J connectivity index is 1.32. The fourth-order valence-corrected chi connectivity index (χ4v) is 4.15. The Bertz CT molecular complexity index is 829. The maximum atomic E-state index is 12.9. The van der Waals surface area contributed by atoms with Gasteiger partial charge in [0.15, 0.2) is 0 Å². The maximum Gasteiger partial charge on any atom is 0.321 e. The van der Waals surface area contributed by atoms with E-state index in [1.807, 2.05) is 29.2 Å². The first kappa shape index (κ1) is 18.5. The van der Waals surface area contributed by atoms with Crippen LogP contribution in [-0.2, 0) is 6.42 Å². The highest BCUT2D eigenvalue weighted by molar-refractivity contribution is 5.98. The molecule has 28 heavy (non-hydrogen) atoms. The highest BCUT2D eigenvalue weighted by atomic mass is 16.2. The van der Waals surface area contributed by atoms with Crippen molar-refractivity contribution in [3.8, 4) is 0 Å². The first-order valence-electron chi connectivity index (χ1n) is 10.2. The van der Waals surface area contributed by atoms with E-state index < -0.39 is 0 Å². The number of amides is 3. The average molecular weight is 377 g/mol. The number of carbonyl (C=O) groups excluding carboxylic acids is 2. The number of rotatable bonds is 5. The van der Waals surface area contributed by atoms with E-state index in [-0.39, 0.29) is 11.9 Å². The molecule has 2 aliphatic heterocycles. The summed E-state index contributed by atoms with van der Waals surface area (Å²) in [6.45, 7) is 2.91. The first-order valence-corrected chi connectivity index (χ1v) is 10.2. The van der Waals surface area contributed by atoms with Gasteiger partial charge in [0.2, 0.25) is 0 Å². The van der Waals surface area contributed by atoms with Gasteiger partial charge in [0.05, 0.1) is 0 Å². The van der Waals surface area contributed by atoms with Crippen LogP contribution in [0.25, 0.3) is 0 Å². The molecule has 0 radical (unpaired) electrons. The quantitative estimate of drug-likeness (QED) is 0.864. The Kier molecular flexibility index (Phi) is 5.60. The van der Waals surface area contributed by atoms with Gasteiger partial charge in [0.25, 0.3) is 5.91 Å².